The molecule has 57 heavy (non-hydrogen) atoms. The zero-order valence-corrected chi connectivity index (χ0v) is 33.7. The van der Waals surface area contributed by atoms with Gasteiger partial charge in [0.1, 0.15) is 22.5 Å². The first kappa shape index (κ1) is 41.7. The van der Waals surface area contributed by atoms with Gasteiger partial charge in [-0.05, 0) is 121 Å². The maximum absolute atomic E-state index is 11.7. The summed E-state index contributed by atoms with van der Waals surface area (Å²) in [4.78, 5) is 18.6. The Hall–Kier alpha value is -4.88. The summed E-state index contributed by atoms with van der Waals surface area (Å²) in [5.74, 6) is 2.17. The third kappa shape index (κ3) is 11.8. The molecule has 0 spiro atoms. The molecule has 1 aromatic heterocycles. The van der Waals surface area contributed by atoms with Crippen molar-refractivity contribution < 1.29 is 37.5 Å². The van der Waals surface area contributed by atoms with Gasteiger partial charge in [0.25, 0.3) is 0 Å². The Kier molecular flexibility index (Phi) is 14.3. The third-order valence-corrected chi connectivity index (χ3v) is 12.3. The number of phenols is 1. The molecule has 300 valence electrons. The van der Waals surface area contributed by atoms with Crippen molar-refractivity contribution >= 4 is 38.8 Å². The number of aromatic nitrogens is 1. The van der Waals surface area contributed by atoms with Gasteiger partial charge in [-0.15, -0.1) is 18.3 Å². The van der Waals surface area contributed by atoms with E-state index in [-0.39, 0.29) is 17.5 Å². The summed E-state index contributed by atoms with van der Waals surface area (Å²) in [5.41, 5.74) is 5.06. The molecule has 2 bridgehead atoms. The van der Waals surface area contributed by atoms with E-state index >= 15 is 0 Å². The SMILES string of the molecule is C=C[C@H]1CN2CC[C@H]1C[C@@H]2[C@H](O)c1ccnc2ccccc12.CS(=O)(=O)Oc1ccc(OCCc2ccc(C[C@@H](SCCc3ccc(O)cc3)C(=O)O)cc2)cc1. The molecule has 5 aromatic rings. The van der Waals surface area contributed by atoms with Gasteiger partial charge in [-0.3, -0.25) is 14.7 Å². The fraction of sp³-hybridized carbons (Fsp3) is 0.333. The summed E-state index contributed by atoms with van der Waals surface area (Å²) < 4.78 is 32.8. The van der Waals surface area contributed by atoms with Gasteiger partial charge in [0, 0.05) is 30.6 Å². The number of nitrogens with zero attached hydrogens (tertiary/aromatic N) is 2. The van der Waals surface area contributed by atoms with Gasteiger partial charge in [-0.2, -0.15) is 8.42 Å². The molecule has 6 atom stereocenters. The van der Waals surface area contributed by atoms with Crippen LogP contribution in [0.3, 0.4) is 0 Å². The van der Waals surface area contributed by atoms with Gasteiger partial charge in [-0.25, -0.2) is 0 Å². The zero-order valence-electron chi connectivity index (χ0n) is 32.0. The quantitative estimate of drug-likeness (QED) is 0.0673. The number of carboxylic acids is 1. The number of piperidine rings is 3. The number of phenolic OH excluding ortho intramolecular Hbond substituents is 1. The van der Waals surface area contributed by atoms with Crippen molar-refractivity contribution in [3.8, 4) is 17.2 Å². The maximum Gasteiger partial charge on any atom is 0.316 e. The van der Waals surface area contributed by atoms with Gasteiger partial charge in [0.05, 0.1) is 24.5 Å². The number of fused-ring (bicyclic) bond motifs is 4. The van der Waals surface area contributed by atoms with E-state index in [0.29, 0.717) is 42.8 Å². The first-order valence-corrected chi connectivity index (χ1v) is 22.0. The third-order valence-electron chi connectivity index (χ3n) is 10.6. The largest absolute Gasteiger partial charge is 0.508 e. The molecule has 8 rings (SSSR count). The second-order valence-electron chi connectivity index (χ2n) is 14.6. The fourth-order valence-corrected chi connectivity index (χ4v) is 9.15. The Labute approximate surface area is 339 Å². The van der Waals surface area contributed by atoms with Crippen LogP contribution in [-0.4, -0.2) is 82.6 Å². The van der Waals surface area contributed by atoms with Crippen LogP contribution in [0.15, 0.2) is 122 Å². The van der Waals surface area contributed by atoms with E-state index in [1.54, 1.807) is 24.3 Å². The number of carbonyl (C=O) groups is 1. The lowest BCUT2D eigenvalue weighted by molar-refractivity contribution is -0.136. The van der Waals surface area contributed by atoms with Crippen molar-refractivity contribution in [2.45, 2.75) is 49.5 Å². The lowest BCUT2D eigenvalue weighted by atomic mass is 9.73. The van der Waals surface area contributed by atoms with Gasteiger partial charge in [-0.1, -0.05) is 60.7 Å². The Morgan fingerprint density at radius 3 is 2.28 bits per heavy atom. The van der Waals surface area contributed by atoms with Crippen molar-refractivity contribution in [1.29, 1.82) is 0 Å². The minimum Gasteiger partial charge on any atom is -0.508 e. The molecular formula is C45H50N2O8S2. The number of hydrogen-bond acceptors (Lipinski definition) is 10. The van der Waals surface area contributed by atoms with E-state index in [9.17, 15) is 28.5 Å². The normalized spacial score (nSPS) is 19.8. The Morgan fingerprint density at radius 1 is 0.947 bits per heavy atom. The molecule has 12 heteroatoms. The molecule has 0 aliphatic carbocycles. The van der Waals surface area contributed by atoms with Crippen molar-refractivity contribution in [3.63, 3.8) is 0 Å². The van der Waals surface area contributed by atoms with Crippen LogP contribution in [0.5, 0.6) is 17.2 Å². The molecule has 0 saturated carbocycles. The number of aliphatic carboxylic acids is 1. The summed E-state index contributed by atoms with van der Waals surface area (Å²) in [6.45, 7) is 6.55. The predicted octanol–water partition coefficient (Wildman–Crippen LogP) is 7.49. The van der Waals surface area contributed by atoms with Crippen molar-refractivity contribution in [3.05, 3.63) is 144 Å². The maximum atomic E-state index is 11.7. The number of aliphatic hydroxyl groups is 1. The molecule has 4 aromatic carbocycles. The minimum absolute atomic E-state index is 0.218. The van der Waals surface area contributed by atoms with Gasteiger partial charge in [0.15, 0.2) is 0 Å². The Morgan fingerprint density at radius 2 is 1.61 bits per heavy atom. The molecule has 3 aliphatic rings. The highest BCUT2D eigenvalue weighted by molar-refractivity contribution is 8.00. The second kappa shape index (κ2) is 19.5. The first-order chi connectivity index (χ1) is 27.5. The number of rotatable bonds is 16. The Bertz CT molecular complexity index is 2190. The number of aromatic hydroxyl groups is 1. The molecule has 0 amide bonds. The number of carboxylic acid groups (broad SMARTS) is 1. The number of para-hydroxylation sites is 1. The standard InChI is InChI=1S/C26H28O7S2.C19H22N2O/c1-35(30,31)33-24-12-10-23(11-13-24)32-16-14-19-2-4-21(5-3-19)18-25(26(28)29)34-17-15-20-6-8-22(27)9-7-20;1-2-13-12-21-10-8-14(13)11-18(21)19(22)16-7-9-20-17-6-4-3-5-15(16)17/h2-13,25,27H,14-18H2,1H3,(H,28,29);2-7,9,13-14,18-19,22H,1,8,10-12H2/t25-;13-,14-,18+,19+/m10/s1. The topological polar surface area (TPSA) is 146 Å². The fourth-order valence-electron chi connectivity index (χ4n) is 7.60. The number of pyridine rings is 1. The molecule has 3 aliphatic heterocycles. The van der Waals surface area contributed by atoms with E-state index in [1.165, 1.54) is 30.3 Å². The van der Waals surface area contributed by atoms with Crippen molar-refractivity contribution in [2.24, 2.45) is 11.8 Å². The number of aliphatic hydroxyl groups excluding tert-OH is 1. The molecule has 3 saturated heterocycles. The van der Waals surface area contributed by atoms with E-state index in [1.807, 2.05) is 66.9 Å². The smallest absolute Gasteiger partial charge is 0.316 e. The van der Waals surface area contributed by atoms with Crippen LogP contribution in [0.4, 0.5) is 0 Å². The summed E-state index contributed by atoms with van der Waals surface area (Å²) >= 11 is 1.42. The number of aryl methyl sites for hydroxylation is 1. The number of ether oxygens (including phenoxy) is 1. The Balaban J connectivity index is 0.000000212. The van der Waals surface area contributed by atoms with Crippen LogP contribution in [0.25, 0.3) is 10.9 Å². The van der Waals surface area contributed by atoms with Gasteiger partial charge >= 0.3 is 16.1 Å². The monoisotopic (exact) mass is 810 g/mol. The van der Waals surface area contributed by atoms with E-state index in [0.717, 1.165) is 65.3 Å². The molecule has 0 radical (unpaired) electrons. The zero-order chi connectivity index (χ0) is 40.4. The molecule has 3 N–H and O–H groups in total. The molecule has 4 heterocycles. The first-order valence-electron chi connectivity index (χ1n) is 19.2. The van der Waals surface area contributed by atoms with E-state index < -0.39 is 27.4 Å². The summed E-state index contributed by atoms with van der Waals surface area (Å²) in [6, 6.07) is 31.4. The lowest BCUT2D eigenvalue weighted by Gasteiger charge is -2.50. The average molecular weight is 811 g/mol. The minimum atomic E-state index is -3.56. The van der Waals surface area contributed by atoms with E-state index in [4.69, 9.17) is 8.92 Å². The highest BCUT2D eigenvalue weighted by atomic mass is 32.2. The van der Waals surface area contributed by atoms with Gasteiger partial charge in [0.2, 0.25) is 0 Å². The molecular weight excluding hydrogens is 761 g/mol. The lowest BCUT2D eigenvalue weighted by Crippen LogP contribution is -2.54. The highest BCUT2D eigenvalue weighted by Gasteiger charge is 2.42. The van der Waals surface area contributed by atoms with Crippen LogP contribution < -0.4 is 8.92 Å². The van der Waals surface area contributed by atoms with Crippen LogP contribution >= 0.6 is 11.8 Å². The van der Waals surface area contributed by atoms with Crippen LogP contribution in [0.2, 0.25) is 0 Å². The van der Waals surface area contributed by atoms with Crippen molar-refractivity contribution in [2.75, 3.05) is 31.7 Å². The summed E-state index contributed by atoms with van der Waals surface area (Å²) in [6.07, 6.45) is 8.60. The van der Waals surface area contributed by atoms with Crippen LogP contribution in [-0.2, 0) is 34.2 Å². The summed E-state index contributed by atoms with van der Waals surface area (Å²) in [5, 5.41) is 30.5. The average Bonchev–Trinajstić information content (AvgIpc) is 3.21. The van der Waals surface area contributed by atoms with E-state index in [2.05, 4.69) is 28.6 Å². The molecule has 10 nitrogen and oxygen atoms in total. The number of thioether (sulfide) groups is 1. The van der Waals surface area contributed by atoms with Crippen LogP contribution in [0, 0.1) is 11.8 Å². The predicted molar refractivity (Wildman–Crippen MR) is 225 cm³/mol. The van der Waals surface area contributed by atoms with Gasteiger partial charge < -0.3 is 24.2 Å². The summed E-state index contributed by atoms with van der Waals surface area (Å²) in [7, 11) is -3.56. The highest BCUT2D eigenvalue weighted by Crippen LogP contribution is 2.42. The van der Waals surface area contributed by atoms with Crippen LogP contribution in [0.1, 0.15) is 41.2 Å². The molecule has 1 unspecified atom stereocenters. The second-order valence-corrected chi connectivity index (χ2v) is 17.5. The van der Waals surface area contributed by atoms with Crippen molar-refractivity contribution in [1.82, 2.24) is 9.88 Å². The number of hydrogen-bond donors (Lipinski definition) is 3. The molecule has 3 fully saturated rings. The number of benzene rings is 4.